The summed E-state index contributed by atoms with van der Waals surface area (Å²) in [4.78, 5) is 0. The smallest absolute Gasteiger partial charge is 0.306 e. The maximum atomic E-state index is 13.0. The Morgan fingerprint density at radius 2 is 1.81 bits per heavy atom. The molecule has 0 N–H and O–H groups in total. The van der Waals surface area contributed by atoms with Gasteiger partial charge in [0.1, 0.15) is 0 Å². The van der Waals surface area contributed by atoms with Gasteiger partial charge in [-0.25, -0.2) is 0 Å². The third-order valence-electron chi connectivity index (χ3n) is 2.75. The summed E-state index contributed by atoms with van der Waals surface area (Å²) in [5.74, 6) is 1.27. The van der Waals surface area contributed by atoms with Gasteiger partial charge in [-0.1, -0.05) is 47.0 Å². The van der Waals surface area contributed by atoms with E-state index in [-0.39, 0.29) is 12.8 Å². The van der Waals surface area contributed by atoms with Gasteiger partial charge in [-0.05, 0) is 18.3 Å². The molecule has 0 heterocycles. The van der Waals surface area contributed by atoms with Crippen LogP contribution in [0.15, 0.2) is 0 Å². The van der Waals surface area contributed by atoms with Gasteiger partial charge in [0.25, 0.3) is 0 Å². The molecule has 0 spiro atoms. The molecule has 0 aromatic heterocycles. The fourth-order valence-corrected chi connectivity index (χ4v) is 2.06. The molecule has 2 unspecified atom stereocenters. The Morgan fingerprint density at radius 3 is 2.31 bits per heavy atom. The molecule has 0 aromatic carbocycles. The van der Waals surface area contributed by atoms with Crippen molar-refractivity contribution in [2.75, 3.05) is 12.8 Å². The minimum Gasteiger partial charge on any atom is -0.306 e. The molecule has 0 saturated carbocycles. The molecule has 0 bridgehead atoms. The SMILES string of the molecule is CCP(=O)(F)OCCC(C)CCCC(C)C. The highest BCUT2D eigenvalue weighted by atomic mass is 31.2. The Morgan fingerprint density at radius 1 is 1.19 bits per heavy atom. The summed E-state index contributed by atoms with van der Waals surface area (Å²) in [6.07, 6.45) is 4.37. The van der Waals surface area contributed by atoms with Crippen molar-refractivity contribution in [3.8, 4) is 0 Å². The van der Waals surface area contributed by atoms with Crippen molar-refractivity contribution in [1.82, 2.24) is 0 Å². The predicted octanol–water partition coefficient (Wildman–Crippen LogP) is 5.04. The topological polar surface area (TPSA) is 26.3 Å². The molecule has 0 fully saturated rings. The van der Waals surface area contributed by atoms with Gasteiger partial charge in [0, 0.05) is 0 Å². The Labute approximate surface area is 99.5 Å². The van der Waals surface area contributed by atoms with Crippen molar-refractivity contribution in [3.63, 3.8) is 0 Å². The summed E-state index contributed by atoms with van der Waals surface area (Å²) in [6.45, 7) is 8.40. The van der Waals surface area contributed by atoms with Gasteiger partial charge < -0.3 is 4.52 Å². The molecular formula is C12H26FO2P. The second-order valence-corrected chi connectivity index (χ2v) is 7.03. The maximum Gasteiger partial charge on any atom is 0.367 e. The van der Waals surface area contributed by atoms with Crippen LogP contribution in [0.25, 0.3) is 0 Å². The van der Waals surface area contributed by atoms with Crippen LogP contribution in [-0.2, 0) is 9.09 Å². The van der Waals surface area contributed by atoms with E-state index in [2.05, 4.69) is 20.8 Å². The number of hydrogen-bond acceptors (Lipinski definition) is 2. The second-order valence-electron chi connectivity index (χ2n) is 4.96. The molecule has 98 valence electrons. The number of hydrogen-bond donors (Lipinski definition) is 0. The van der Waals surface area contributed by atoms with E-state index in [4.69, 9.17) is 4.52 Å². The van der Waals surface area contributed by atoms with Crippen LogP contribution in [0.2, 0.25) is 0 Å². The minimum atomic E-state index is -3.77. The van der Waals surface area contributed by atoms with Gasteiger partial charge >= 0.3 is 7.68 Å². The van der Waals surface area contributed by atoms with Gasteiger partial charge in [0.2, 0.25) is 0 Å². The molecule has 0 aromatic rings. The fourth-order valence-electron chi connectivity index (χ4n) is 1.50. The first-order chi connectivity index (χ1) is 7.37. The molecule has 0 aliphatic heterocycles. The lowest BCUT2D eigenvalue weighted by Crippen LogP contribution is -2.01. The van der Waals surface area contributed by atoms with E-state index >= 15 is 0 Å². The molecule has 0 aliphatic rings. The van der Waals surface area contributed by atoms with E-state index in [0.29, 0.717) is 5.92 Å². The summed E-state index contributed by atoms with van der Waals surface area (Å²) in [6, 6.07) is 0. The quantitative estimate of drug-likeness (QED) is 0.537. The van der Waals surface area contributed by atoms with Crippen LogP contribution < -0.4 is 0 Å². The average Bonchev–Trinajstić information content (AvgIpc) is 2.17. The monoisotopic (exact) mass is 252 g/mol. The largest absolute Gasteiger partial charge is 0.367 e. The van der Waals surface area contributed by atoms with Gasteiger partial charge in [0.05, 0.1) is 12.8 Å². The zero-order chi connectivity index (χ0) is 12.6. The highest BCUT2D eigenvalue weighted by molar-refractivity contribution is 7.53. The highest BCUT2D eigenvalue weighted by Crippen LogP contribution is 2.48. The Kier molecular flexibility index (Phi) is 8.31. The summed E-state index contributed by atoms with van der Waals surface area (Å²) < 4.78 is 28.7. The first-order valence-electron chi connectivity index (χ1n) is 6.30. The molecule has 2 nitrogen and oxygen atoms in total. The van der Waals surface area contributed by atoms with Gasteiger partial charge in [-0.3, -0.25) is 4.57 Å². The molecule has 0 rings (SSSR count). The summed E-state index contributed by atoms with van der Waals surface area (Å²) in [7, 11) is -3.77. The van der Waals surface area contributed by atoms with E-state index in [9.17, 15) is 8.76 Å². The average molecular weight is 252 g/mol. The second kappa shape index (κ2) is 8.25. The Hall–Kier alpha value is 0.120. The lowest BCUT2D eigenvalue weighted by Gasteiger charge is -2.13. The van der Waals surface area contributed by atoms with Crippen LogP contribution in [0, 0.1) is 11.8 Å². The zero-order valence-corrected chi connectivity index (χ0v) is 11.9. The predicted molar refractivity (Wildman–Crippen MR) is 67.7 cm³/mol. The van der Waals surface area contributed by atoms with Gasteiger partial charge in [-0.2, -0.15) is 4.20 Å². The fraction of sp³-hybridized carbons (Fsp3) is 1.00. The first-order valence-corrected chi connectivity index (χ1v) is 8.00. The van der Waals surface area contributed by atoms with Crippen molar-refractivity contribution >= 4 is 7.68 Å². The normalized spacial score (nSPS) is 17.4. The van der Waals surface area contributed by atoms with Gasteiger partial charge in [0.15, 0.2) is 0 Å². The summed E-state index contributed by atoms with van der Waals surface area (Å²) in [5.41, 5.74) is 0. The first kappa shape index (κ1) is 16.1. The molecule has 4 heteroatoms. The van der Waals surface area contributed by atoms with Crippen LogP contribution in [0.4, 0.5) is 4.20 Å². The molecule has 0 amide bonds. The molecule has 0 radical (unpaired) electrons. The van der Waals surface area contributed by atoms with E-state index in [0.717, 1.165) is 18.8 Å². The van der Waals surface area contributed by atoms with Crippen LogP contribution in [0.5, 0.6) is 0 Å². The van der Waals surface area contributed by atoms with E-state index in [1.165, 1.54) is 12.8 Å². The molecule has 16 heavy (non-hydrogen) atoms. The zero-order valence-electron chi connectivity index (χ0n) is 11.0. The summed E-state index contributed by atoms with van der Waals surface area (Å²) in [5, 5.41) is 0. The van der Waals surface area contributed by atoms with E-state index in [1.807, 2.05) is 0 Å². The third kappa shape index (κ3) is 9.35. The van der Waals surface area contributed by atoms with Crippen molar-refractivity contribution in [3.05, 3.63) is 0 Å². The molecular weight excluding hydrogens is 226 g/mol. The van der Waals surface area contributed by atoms with Crippen molar-refractivity contribution in [2.45, 2.75) is 53.4 Å². The van der Waals surface area contributed by atoms with Gasteiger partial charge in [-0.15, -0.1) is 0 Å². The van der Waals surface area contributed by atoms with Crippen LogP contribution >= 0.6 is 7.68 Å². The lowest BCUT2D eigenvalue weighted by molar-refractivity contribution is 0.257. The van der Waals surface area contributed by atoms with Crippen molar-refractivity contribution in [2.24, 2.45) is 11.8 Å². The van der Waals surface area contributed by atoms with E-state index < -0.39 is 7.68 Å². The van der Waals surface area contributed by atoms with Crippen LogP contribution in [0.1, 0.15) is 53.4 Å². The minimum absolute atomic E-state index is 0.0191. The lowest BCUT2D eigenvalue weighted by atomic mass is 9.98. The van der Waals surface area contributed by atoms with Crippen molar-refractivity contribution < 1.29 is 13.3 Å². The van der Waals surface area contributed by atoms with Crippen LogP contribution in [0.3, 0.4) is 0 Å². The molecule has 2 atom stereocenters. The van der Waals surface area contributed by atoms with E-state index in [1.54, 1.807) is 6.92 Å². The van der Waals surface area contributed by atoms with Crippen LogP contribution in [-0.4, -0.2) is 12.8 Å². The standard InChI is InChI=1S/C12H26FO2P/c1-5-16(13,14)15-10-9-12(4)8-6-7-11(2)3/h11-12H,5-10H2,1-4H3. The highest BCUT2D eigenvalue weighted by Gasteiger charge is 2.18. The maximum absolute atomic E-state index is 13.0. The van der Waals surface area contributed by atoms with Crippen molar-refractivity contribution in [1.29, 1.82) is 0 Å². The summed E-state index contributed by atoms with van der Waals surface area (Å²) >= 11 is 0. The third-order valence-corrected chi connectivity index (χ3v) is 4.07. The Balaban J connectivity index is 3.51. The molecule has 0 saturated heterocycles. The number of halogens is 1. The number of rotatable bonds is 9. The molecule has 0 aliphatic carbocycles. The Bertz CT molecular complexity index is 219.